The number of hydrogen-bond donors (Lipinski definition) is 4. The van der Waals surface area contributed by atoms with Gasteiger partial charge in [0.25, 0.3) is 5.91 Å². The second kappa shape index (κ2) is 12.5. The van der Waals surface area contributed by atoms with Gasteiger partial charge in [-0.2, -0.15) is 0 Å². The number of ether oxygens (including phenoxy) is 1. The first-order valence-corrected chi connectivity index (χ1v) is 9.26. The Labute approximate surface area is 182 Å². The molecule has 0 spiro atoms. The molecule has 0 fully saturated rings. The number of nitrogens with one attached hydrogen (secondary N) is 3. The van der Waals surface area contributed by atoms with Gasteiger partial charge in [-0.05, 0) is 30.2 Å². The molecule has 30 heavy (non-hydrogen) atoms. The molecule has 8 nitrogen and oxygen atoms in total. The highest BCUT2D eigenvalue weighted by Crippen LogP contribution is 2.17. The van der Waals surface area contributed by atoms with Gasteiger partial charge in [0.15, 0.2) is 6.61 Å². The van der Waals surface area contributed by atoms with Gasteiger partial charge in [0.05, 0.1) is 12.6 Å². The molecule has 0 radical (unpaired) electrons. The van der Waals surface area contributed by atoms with E-state index in [1.165, 1.54) is 0 Å². The van der Waals surface area contributed by atoms with Crippen LogP contribution < -0.4 is 26.4 Å². The van der Waals surface area contributed by atoms with Gasteiger partial charge in [-0.25, -0.2) is 0 Å². The summed E-state index contributed by atoms with van der Waals surface area (Å²) in [5.41, 5.74) is 6.90. The number of halogens is 1. The van der Waals surface area contributed by atoms with Crippen molar-refractivity contribution in [2.75, 3.05) is 23.8 Å². The number of rotatable bonds is 9. The summed E-state index contributed by atoms with van der Waals surface area (Å²) in [5, 5.41) is 7.88. The Morgan fingerprint density at radius 2 is 1.57 bits per heavy atom. The Hall–Kier alpha value is -3.10. The lowest BCUT2D eigenvalue weighted by Gasteiger charge is -2.15. The molecule has 0 aromatic heterocycles. The van der Waals surface area contributed by atoms with Gasteiger partial charge < -0.3 is 26.4 Å². The fourth-order valence-electron chi connectivity index (χ4n) is 2.32. The van der Waals surface area contributed by atoms with Gasteiger partial charge in [-0.3, -0.25) is 14.4 Å². The van der Waals surface area contributed by atoms with E-state index in [2.05, 4.69) is 16.0 Å². The molecule has 5 N–H and O–H groups in total. The van der Waals surface area contributed by atoms with E-state index in [4.69, 9.17) is 10.5 Å². The number of carbonyl (C=O) groups excluding carboxylic acids is 3. The van der Waals surface area contributed by atoms with E-state index < -0.39 is 11.9 Å². The van der Waals surface area contributed by atoms with Gasteiger partial charge >= 0.3 is 0 Å². The lowest BCUT2D eigenvalue weighted by molar-refractivity contribution is -0.125. The molecule has 9 heteroatoms. The second-order valence-corrected chi connectivity index (χ2v) is 6.77. The molecule has 0 aliphatic carbocycles. The van der Waals surface area contributed by atoms with E-state index in [-0.39, 0.29) is 43.3 Å². The van der Waals surface area contributed by atoms with Crippen LogP contribution in [0.2, 0.25) is 0 Å². The highest BCUT2D eigenvalue weighted by atomic mass is 35.5. The third-order valence-electron chi connectivity index (χ3n) is 3.99. The Morgan fingerprint density at radius 1 is 0.933 bits per heavy atom. The van der Waals surface area contributed by atoms with Gasteiger partial charge in [0.2, 0.25) is 11.8 Å². The fraction of sp³-hybridized carbons (Fsp3) is 0.286. The van der Waals surface area contributed by atoms with Crippen LogP contribution in [0.4, 0.5) is 11.4 Å². The summed E-state index contributed by atoms with van der Waals surface area (Å²) >= 11 is 0. The van der Waals surface area contributed by atoms with Crippen molar-refractivity contribution >= 4 is 41.5 Å². The van der Waals surface area contributed by atoms with Crippen LogP contribution >= 0.6 is 12.4 Å². The molecule has 2 rings (SSSR count). The second-order valence-electron chi connectivity index (χ2n) is 6.77. The van der Waals surface area contributed by atoms with E-state index in [1.54, 1.807) is 36.4 Å². The Kier molecular flexibility index (Phi) is 10.4. The Balaban J connectivity index is 0.00000450. The van der Waals surface area contributed by atoms with Crippen molar-refractivity contribution in [2.45, 2.75) is 19.9 Å². The molecule has 0 saturated carbocycles. The molecule has 2 aromatic carbocycles. The first-order chi connectivity index (χ1) is 13.8. The molecule has 0 aliphatic heterocycles. The van der Waals surface area contributed by atoms with Gasteiger partial charge in [-0.1, -0.05) is 38.1 Å². The van der Waals surface area contributed by atoms with Crippen molar-refractivity contribution < 1.29 is 19.1 Å². The van der Waals surface area contributed by atoms with Crippen molar-refractivity contribution in [3.63, 3.8) is 0 Å². The quantitative estimate of drug-likeness (QED) is 0.481. The van der Waals surface area contributed by atoms with E-state index in [9.17, 15) is 14.4 Å². The summed E-state index contributed by atoms with van der Waals surface area (Å²) in [5.74, 6) is -0.664. The van der Waals surface area contributed by atoms with Crippen molar-refractivity contribution in [2.24, 2.45) is 11.7 Å². The summed E-state index contributed by atoms with van der Waals surface area (Å²) in [6, 6.07) is 15.0. The lowest BCUT2D eigenvalue weighted by Crippen LogP contribution is -2.46. The summed E-state index contributed by atoms with van der Waals surface area (Å²) < 4.78 is 5.47. The maximum Gasteiger partial charge on any atom is 0.262 e. The third-order valence-corrected chi connectivity index (χ3v) is 3.99. The van der Waals surface area contributed by atoms with Crippen LogP contribution in [-0.2, 0) is 14.4 Å². The summed E-state index contributed by atoms with van der Waals surface area (Å²) in [6.07, 6.45) is 0. The molecule has 0 aliphatic rings. The molecular weight excluding hydrogens is 408 g/mol. The van der Waals surface area contributed by atoms with E-state index in [1.807, 2.05) is 32.0 Å². The van der Waals surface area contributed by atoms with Gasteiger partial charge in [0, 0.05) is 17.4 Å². The molecule has 162 valence electrons. The standard InChI is InChI=1S/C21H26N4O4.ClH/c1-14(2)20(22)21(28)23-12-18(26)25-16-9-6-10-17(11-16)29-13-19(27)24-15-7-4-3-5-8-15;/h3-11,14,20H,12-13,22H2,1-2H3,(H,23,28)(H,24,27)(H,25,26);1H/t20-;/m0./s1. The molecule has 0 saturated heterocycles. The molecule has 2 aromatic rings. The van der Waals surface area contributed by atoms with Crippen LogP contribution in [0.3, 0.4) is 0 Å². The number of anilines is 2. The molecule has 1 atom stereocenters. The van der Waals surface area contributed by atoms with Crippen molar-refractivity contribution in [3.8, 4) is 5.75 Å². The highest BCUT2D eigenvalue weighted by molar-refractivity contribution is 5.95. The predicted molar refractivity (Wildman–Crippen MR) is 119 cm³/mol. The number of carbonyl (C=O) groups is 3. The zero-order chi connectivity index (χ0) is 21.2. The van der Waals surface area contributed by atoms with Crippen LogP contribution in [0.25, 0.3) is 0 Å². The van der Waals surface area contributed by atoms with Crippen LogP contribution in [0.5, 0.6) is 5.75 Å². The monoisotopic (exact) mass is 434 g/mol. The molecule has 0 heterocycles. The molecule has 3 amide bonds. The largest absolute Gasteiger partial charge is 0.484 e. The van der Waals surface area contributed by atoms with E-state index >= 15 is 0 Å². The zero-order valence-corrected chi connectivity index (χ0v) is 17.7. The van der Waals surface area contributed by atoms with Crippen LogP contribution in [0, 0.1) is 5.92 Å². The minimum atomic E-state index is -0.665. The summed E-state index contributed by atoms with van der Waals surface area (Å²) in [4.78, 5) is 35.8. The maximum absolute atomic E-state index is 12.0. The van der Waals surface area contributed by atoms with Gasteiger partial charge in [-0.15, -0.1) is 12.4 Å². The summed E-state index contributed by atoms with van der Waals surface area (Å²) in [6.45, 7) is 3.30. The van der Waals surface area contributed by atoms with Crippen molar-refractivity contribution in [3.05, 3.63) is 54.6 Å². The fourth-order valence-corrected chi connectivity index (χ4v) is 2.32. The molecule has 0 unspecified atom stereocenters. The zero-order valence-electron chi connectivity index (χ0n) is 16.9. The number of para-hydroxylation sites is 1. The average molecular weight is 435 g/mol. The van der Waals surface area contributed by atoms with Crippen LogP contribution in [-0.4, -0.2) is 36.9 Å². The lowest BCUT2D eigenvalue weighted by atomic mass is 10.1. The first kappa shape index (κ1) is 24.9. The minimum Gasteiger partial charge on any atom is -0.484 e. The van der Waals surface area contributed by atoms with Crippen molar-refractivity contribution in [1.29, 1.82) is 0 Å². The SMILES string of the molecule is CC(C)[C@H](N)C(=O)NCC(=O)Nc1cccc(OCC(=O)Nc2ccccc2)c1.Cl. The predicted octanol–water partition coefficient (Wildman–Crippen LogP) is 2.16. The number of amides is 3. The Morgan fingerprint density at radius 3 is 2.23 bits per heavy atom. The maximum atomic E-state index is 12.0. The number of nitrogens with two attached hydrogens (primary N) is 1. The molecular formula is C21H27ClN4O4. The summed E-state index contributed by atoms with van der Waals surface area (Å²) in [7, 11) is 0. The Bertz CT molecular complexity index is 846. The minimum absolute atomic E-state index is 0. The first-order valence-electron chi connectivity index (χ1n) is 9.26. The van der Waals surface area contributed by atoms with E-state index in [0.29, 0.717) is 17.1 Å². The third kappa shape index (κ3) is 8.50. The highest BCUT2D eigenvalue weighted by Gasteiger charge is 2.17. The smallest absolute Gasteiger partial charge is 0.262 e. The van der Waals surface area contributed by atoms with Crippen molar-refractivity contribution in [1.82, 2.24) is 5.32 Å². The molecule has 0 bridgehead atoms. The van der Waals surface area contributed by atoms with Crippen LogP contribution in [0.1, 0.15) is 13.8 Å². The average Bonchev–Trinajstić information content (AvgIpc) is 2.71. The van der Waals surface area contributed by atoms with Crippen LogP contribution in [0.15, 0.2) is 54.6 Å². The van der Waals surface area contributed by atoms with Gasteiger partial charge in [0.1, 0.15) is 5.75 Å². The number of benzene rings is 2. The van der Waals surface area contributed by atoms with E-state index in [0.717, 1.165) is 0 Å². The normalized spacial score (nSPS) is 11.1. The number of hydrogen-bond acceptors (Lipinski definition) is 5. The topological polar surface area (TPSA) is 123 Å².